The second-order valence-corrected chi connectivity index (χ2v) is 5.47. The van der Waals surface area contributed by atoms with Crippen LogP contribution < -0.4 is 10.6 Å². The highest BCUT2D eigenvalue weighted by Crippen LogP contribution is 2.15. The number of rotatable bonds is 4. The highest BCUT2D eigenvalue weighted by Gasteiger charge is 2.17. The third-order valence-corrected chi connectivity index (χ3v) is 4.10. The van der Waals surface area contributed by atoms with Crippen LogP contribution in [0.25, 0.3) is 0 Å². The first kappa shape index (κ1) is 13.9. The zero-order chi connectivity index (χ0) is 14.5. The lowest BCUT2D eigenvalue weighted by atomic mass is 10.1. The van der Waals surface area contributed by atoms with Crippen LogP contribution in [-0.4, -0.2) is 42.6 Å². The van der Waals surface area contributed by atoms with Crippen molar-refractivity contribution in [2.45, 2.75) is 6.42 Å². The summed E-state index contributed by atoms with van der Waals surface area (Å²) in [5.41, 5.74) is 8.16. The van der Waals surface area contributed by atoms with Crippen LogP contribution >= 0.6 is 0 Å². The molecule has 0 amide bonds. The maximum atomic E-state index is 6.00. The zero-order valence-electron chi connectivity index (χ0n) is 12.3. The number of hydrogen-bond donors (Lipinski definition) is 1. The molecule has 2 heterocycles. The first-order valence-corrected chi connectivity index (χ1v) is 7.54. The molecule has 1 aliphatic heterocycles. The highest BCUT2D eigenvalue weighted by atomic mass is 15.3. The van der Waals surface area contributed by atoms with Crippen molar-refractivity contribution in [3.05, 3.63) is 54.2 Å². The van der Waals surface area contributed by atoms with Crippen molar-refractivity contribution in [3.63, 3.8) is 0 Å². The fraction of sp³-hybridized carbons (Fsp3) is 0.353. The van der Waals surface area contributed by atoms with Gasteiger partial charge in [0, 0.05) is 44.6 Å². The van der Waals surface area contributed by atoms with E-state index >= 15 is 0 Å². The van der Waals surface area contributed by atoms with E-state index in [0.29, 0.717) is 0 Å². The van der Waals surface area contributed by atoms with E-state index in [1.54, 1.807) is 0 Å². The standard InChI is InChI=1S/C17H22N4/c18-16-6-2-1-5-15(16)8-10-20-11-13-21(14-12-20)17-7-3-4-9-19-17/h1-7,9H,8,10-14,18H2. The Balaban J connectivity index is 1.49. The monoisotopic (exact) mass is 282 g/mol. The second kappa shape index (κ2) is 6.59. The van der Waals surface area contributed by atoms with E-state index in [0.717, 1.165) is 50.6 Å². The highest BCUT2D eigenvalue weighted by molar-refractivity contribution is 5.46. The van der Waals surface area contributed by atoms with Crippen molar-refractivity contribution >= 4 is 11.5 Å². The van der Waals surface area contributed by atoms with E-state index in [1.807, 2.05) is 30.5 Å². The normalized spacial score (nSPS) is 16.1. The summed E-state index contributed by atoms with van der Waals surface area (Å²) in [4.78, 5) is 9.28. The number of para-hydroxylation sites is 1. The molecule has 21 heavy (non-hydrogen) atoms. The first-order valence-electron chi connectivity index (χ1n) is 7.54. The Labute approximate surface area is 126 Å². The summed E-state index contributed by atoms with van der Waals surface area (Å²) in [5.74, 6) is 1.09. The molecule has 0 radical (unpaired) electrons. The van der Waals surface area contributed by atoms with Crippen molar-refractivity contribution < 1.29 is 0 Å². The first-order chi connectivity index (χ1) is 10.3. The second-order valence-electron chi connectivity index (χ2n) is 5.47. The molecular weight excluding hydrogens is 260 g/mol. The maximum Gasteiger partial charge on any atom is 0.128 e. The van der Waals surface area contributed by atoms with Gasteiger partial charge in [-0.3, -0.25) is 4.90 Å². The van der Waals surface area contributed by atoms with Crippen LogP contribution in [0, 0.1) is 0 Å². The Bertz CT molecular complexity index is 562. The van der Waals surface area contributed by atoms with E-state index in [-0.39, 0.29) is 0 Å². The Kier molecular flexibility index (Phi) is 4.36. The van der Waals surface area contributed by atoms with E-state index in [2.05, 4.69) is 33.0 Å². The predicted octanol–water partition coefficient (Wildman–Crippen LogP) is 2.03. The van der Waals surface area contributed by atoms with Crippen molar-refractivity contribution in [1.29, 1.82) is 0 Å². The van der Waals surface area contributed by atoms with Crippen LogP contribution in [0.5, 0.6) is 0 Å². The van der Waals surface area contributed by atoms with E-state index in [4.69, 9.17) is 5.73 Å². The van der Waals surface area contributed by atoms with Crippen molar-refractivity contribution in [1.82, 2.24) is 9.88 Å². The Morgan fingerprint density at radius 1 is 0.952 bits per heavy atom. The van der Waals surface area contributed by atoms with Gasteiger partial charge in [0.25, 0.3) is 0 Å². The van der Waals surface area contributed by atoms with Crippen LogP contribution in [0.3, 0.4) is 0 Å². The summed E-state index contributed by atoms with van der Waals surface area (Å²) in [7, 11) is 0. The molecular formula is C17H22N4. The molecule has 0 saturated carbocycles. The molecule has 0 spiro atoms. The molecule has 110 valence electrons. The predicted molar refractivity (Wildman–Crippen MR) is 87.4 cm³/mol. The van der Waals surface area contributed by atoms with Gasteiger partial charge in [-0.15, -0.1) is 0 Å². The van der Waals surface area contributed by atoms with Gasteiger partial charge in [-0.05, 0) is 30.2 Å². The topological polar surface area (TPSA) is 45.4 Å². The van der Waals surface area contributed by atoms with E-state index in [1.165, 1.54) is 5.56 Å². The molecule has 1 aliphatic rings. The molecule has 4 nitrogen and oxygen atoms in total. The SMILES string of the molecule is Nc1ccccc1CCN1CCN(c2ccccn2)CC1. The molecule has 1 saturated heterocycles. The largest absolute Gasteiger partial charge is 0.399 e. The molecule has 1 fully saturated rings. The summed E-state index contributed by atoms with van der Waals surface area (Å²) >= 11 is 0. The van der Waals surface area contributed by atoms with E-state index < -0.39 is 0 Å². The lowest BCUT2D eigenvalue weighted by Crippen LogP contribution is -2.47. The summed E-state index contributed by atoms with van der Waals surface area (Å²) in [6.07, 6.45) is 2.89. The molecule has 2 aromatic rings. The average Bonchev–Trinajstić information content (AvgIpc) is 2.55. The van der Waals surface area contributed by atoms with Gasteiger partial charge in [0.05, 0.1) is 0 Å². The maximum absolute atomic E-state index is 6.00. The Hall–Kier alpha value is -2.07. The number of nitrogens with zero attached hydrogens (tertiary/aromatic N) is 3. The number of piperazine rings is 1. The molecule has 1 aromatic carbocycles. The lowest BCUT2D eigenvalue weighted by Gasteiger charge is -2.35. The van der Waals surface area contributed by atoms with Gasteiger partial charge in [0.1, 0.15) is 5.82 Å². The molecule has 0 bridgehead atoms. The van der Waals surface area contributed by atoms with Gasteiger partial charge in [-0.25, -0.2) is 4.98 Å². The third-order valence-electron chi connectivity index (χ3n) is 4.10. The molecule has 0 unspecified atom stereocenters. The number of nitrogens with two attached hydrogens (primary N) is 1. The minimum Gasteiger partial charge on any atom is -0.399 e. The minimum absolute atomic E-state index is 0.907. The molecule has 0 atom stereocenters. The van der Waals surface area contributed by atoms with Gasteiger partial charge in [0.15, 0.2) is 0 Å². The van der Waals surface area contributed by atoms with Gasteiger partial charge < -0.3 is 10.6 Å². The third kappa shape index (κ3) is 3.52. The number of aromatic nitrogens is 1. The van der Waals surface area contributed by atoms with Crippen molar-refractivity contribution in [2.75, 3.05) is 43.4 Å². The smallest absolute Gasteiger partial charge is 0.128 e. The van der Waals surface area contributed by atoms with Gasteiger partial charge in [-0.1, -0.05) is 24.3 Å². The van der Waals surface area contributed by atoms with E-state index in [9.17, 15) is 0 Å². The summed E-state index contributed by atoms with van der Waals surface area (Å²) in [5, 5.41) is 0. The van der Waals surface area contributed by atoms with Gasteiger partial charge in [0.2, 0.25) is 0 Å². The Morgan fingerprint density at radius 3 is 2.43 bits per heavy atom. The zero-order valence-corrected chi connectivity index (χ0v) is 12.3. The fourth-order valence-corrected chi connectivity index (χ4v) is 2.78. The van der Waals surface area contributed by atoms with Crippen LogP contribution in [0.1, 0.15) is 5.56 Å². The van der Waals surface area contributed by atoms with Crippen LogP contribution in [0.4, 0.5) is 11.5 Å². The number of pyridine rings is 1. The molecule has 0 aliphatic carbocycles. The quantitative estimate of drug-likeness (QED) is 0.872. The average molecular weight is 282 g/mol. The molecule has 2 N–H and O–H groups in total. The van der Waals surface area contributed by atoms with Gasteiger partial charge in [-0.2, -0.15) is 0 Å². The number of benzene rings is 1. The van der Waals surface area contributed by atoms with Crippen molar-refractivity contribution in [2.24, 2.45) is 0 Å². The summed E-state index contributed by atoms with van der Waals surface area (Å²) in [6.45, 7) is 5.33. The molecule has 1 aromatic heterocycles. The number of nitrogen functional groups attached to an aromatic ring is 1. The number of hydrogen-bond acceptors (Lipinski definition) is 4. The van der Waals surface area contributed by atoms with Gasteiger partial charge >= 0.3 is 0 Å². The van der Waals surface area contributed by atoms with Crippen LogP contribution in [0.15, 0.2) is 48.7 Å². The van der Waals surface area contributed by atoms with Crippen LogP contribution in [-0.2, 0) is 6.42 Å². The molecule has 4 heteroatoms. The molecule has 3 rings (SSSR count). The Morgan fingerprint density at radius 2 is 1.71 bits per heavy atom. The number of anilines is 2. The van der Waals surface area contributed by atoms with Crippen molar-refractivity contribution in [3.8, 4) is 0 Å². The van der Waals surface area contributed by atoms with Crippen LogP contribution in [0.2, 0.25) is 0 Å². The summed E-state index contributed by atoms with van der Waals surface area (Å²) < 4.78 is 0. The lowest BCUT2D eigenvalue weighted by molar-refractivity contribution is 0.260. The minimum atomic E-state index is 0.907. The fourth-order valence-electron chi connectivity index (χ4n) is 2.78. The summed E-state index contributed by atoms with van der Waals surface area (Å²) in [6, 6.07) is 14.3.